The monoisotopic (exact) mass is 442 g/mol. The van der Waals surface area contributed by atoms with Crippen molar-refractivity contribution in [3.63, 3.8) is 0 Å². The van der Waals surface area contributed by atoms with Gasteiger partial charge in [-0.05, 0) is 37.6 Å². The van der Waals surface area contributed by atoms with Gasteiger partial charge >= 0.3 is 5.76 Å². The molecule has 1 N–H and O–H groups in total. The highest BCUT2D eigenvalue weighted by atomic mass is 19.2. The van der Waals surface area contributed by atoms with E-state index in [1.807, 2.05) is 0 Å². The molecule has 4 aromatic rings. The molecule has 0 radical (unpaired) electrons. The smallest absolute Gasteiger partial charge is 0.408 e. The van der Waals surface area contributed by atoms with Gasteiger partial charge in [0.05, 0.1) is 28.5 Å². The molecule has 1 amide bonds. The summed E-state index contributed by atoms with van der Waals surface area (Å²) in [5, 5.41) is 4.49. The Balaban J connectivity index is 1.55. The summed E-state index contributed by atoms with van der Waals surface area (Å²) in [6, 6.07) is 6.25. The summed E-state index contributed by atoms with van der Waals surface area (Å²) >= 11 is 0. The van der Waals surface area contributed by atoms with Crippen molar-refractivity contribution < 1.29 is 22.4 Å². The molecule has 0 fully saturated rings. The van der Waals surface area contributed by atoms with Crippen LogP contribution in [0.4, 0.5) is 13.2 Å². The summed E-state index contributed by atoms with van der Waals surface area (Å²) in [4.78, 5) is 29.0. The molecule has 5 rings (SSSR count). The van der Waals surface area contributed by atoms with Gasteiger partial charge in [-0.15, -0.1) is 0 Å². The van der Waals surface area contributed by atoms with E-state index in [4.69, 9.17) is 4.42 Å². The number of aryl methyl sites for hydroxylation is 1. The molecule has 2 aromatic carbocycles. The summed E-state index contributed by atoms with van der Waals surface area (Å²) in [6.45, 7) is 2.12. The number of benzene rings is 2. The quantitative estimate of drug-likeness (QED) is 0.480. The number of halogens is 3. The van der Waals surface area contributed by atoms with Gasteiger partial charge < -0.3 is 9.32 Å². The predicted octanol–water partition coefficient (Wildman–Crippen LogP) is 3.70. The van der Waals surface area contributed by atoms with Crippen LogP contribution in [-0.2, 0) is 13.5 Å². The first-order valence-electron chi connectivity index (χ1n) is 9.89. The van der Waals surface area contributed by atoms with Crippen LogP contribution in [-0.4, -0.2) is 32.1 Å². The number of nitrogens with zero attached hydrogens (tertiary/aromatic N) is 3. The Labute approximate surface area is 179 Å². The lowest BCUT2D eigenvalue weighted by molar-refractivity contribution is 0.0675. The van der Waals surface area contributed by atoms with Crippen molar-refractivity contribution in [2.75, 3.05) is 6.54 Å². The van der Waals surface area contributed by atoms with Gasteiger partial charge in [0.15, 0.2) is 23.0 Å². The van der Waals surface area contributed by atoms with Gasteiger partial charge in [0.2, 0.25) is 0 Å². The fourth-order valence-electron chi connectivity index (χ4n) is 4.38. The molecule has 0 saturated heterocycles. The molecule has 0 bridgehead atoms. The number of H-pyrrole nitrogens is 1. The van der Waals surface area contributed by atoms with Crippen molar-refractivity contribution in [2.24, 2.45) is 7.05 Å². The second kappa shape index (κ2) is 7.11. The molecule has 0 aliphatic carbocycles. The average molecular weight is 442 g/mol. The summed E-state index contributed by atoms with van der Waals surface area (Å²) in [5.41, 5.74) is 2.86. The van der Waals surface area contributed by atoms with E-state index < -0.39 is 29.2 Å². The molecule has 0 saturated carbocycles. The Kier molecular flexibility index (Phi) is 4.47. The van der Waals surface area contributed by atoms with E-state index in [-0.39, 0.29) is 17.1 Å². The molecule has 164 valence electrons. The van der Waals surface area contributed by atoms with Crippen molar-refractivity contribution in [1.29, 1.82) is 0 Å². The maximum absolute atomic E-state index is 13.8. The number of carbonyl (C=O) groups excluding carboxylic acids is 1. The molecular formula is C22H17F3N4O3. The minimum Gasteiger partial charge on any atom is -0.408 e. The second-order valence-corrected chi connectivity index (χ2v) is 7.71. The van der Waals surface area contributed by atoms with E-state index in [0.717, 1.165) is 17.7 Å². The molecule has 2 aromatic heterocycles. The Morgan fingerprint density at radius 3 is 2.66 bits per heavy atom. The number of hydrogen-bond donors (Lipinski definition) is 1. The first-order chi connectivity index (χ1) is 15.3. The number of nitrogens with one attached hydrogen (secondary N) is 1. The van der Waals surface area contributed by atoms with Crippen LogP contribution < -0.4 is 5.76 Å². The number of aromatic amines is 1. The Morgan fingerprint density at radius 1 is 1.22 bits per heavy atom. The minimum atomic E-state index is -1.53. The molecule has 3 heterocycles. The molecule has 1 aliphatic heterocycles. The Bertz CT molecular complexity index is 1430. The molecule has 0 spiro atoms. The zero-order chi connectivity index (χ0) is 22.7. The summed E-state index contributed by atoms with van der Waals surface area (Å²) in [7, 11) is 1.63. The Morgan fingerprint density at radius 2 is 1.94 bits per heavy atom. The van der Waals surface area contributed by atoms with Gasteiger partial charge in [-0.1, -0.05) is 6.07 Å². The zero-order valence-electron chi connectivity index (χ0n) is 17.1. The average Bonchev–Trinajstić information content (AvgIpc) is 3.30. The highest BCUT2D eigenvalue weighted by molar-refractivity contribution is 6.04. The van der Waals surface area contributed by atoms with Gasteiger partial charge in [-0.2, -0.15) is 5.10 Å². The lowest BCUT2D eigenvalue weighted by Gasteiger charge is -2.33. The van der Waals surface area contributed by atoms with Gasteiger partial charge in [-0.3, -0.25) is 14.5 Å². The summed E-state index contributed by atoms with van der Waals surface area (Å²) in [5.74, 6) is -5.05. The molecule has 0 unspecified atom stereocenters. The molecule has 10 heteroatoms. The van der Waals surface area contributed by atoms with E-state index in [9.17, 15) is 22.8 Å². The van der Waals surface area contributed by atoms with Crippen molar-refractivity contribution in [3.05, 3.63) is 75.2 Å². The van der Waals surface area contributed by atoms with Crippen LogP contribution in [0.5, 0.6) is 0 Å². The predicted molar refractivity (Wildman–Crippen MR) is 109 cm³/mol. The van der Waals surface area contributed by atoms with Crippen LogP contribution in [0.25, 0.3) is 22.4 Å². The number of carbonyl (C=O) groups is 1. The fraction of sp³-hybridized carbons (Fsp3) is 0.227. The van der Waals surface area contributed by atoms with Crippen LogP contribution in [0.1, 0.15) is 34.6 Å². The SMILES string of the molecule is C[C@H]1c2nn(C)c(-c3cc(F)c(F)c(F)c3)c2CCN1C(=O)c1cccc2oc(=O)[nH]c12. The van der Waals surface area contributed by atoms with Crippen LogP contribution in [0.15, 0.2) is 39.5 Å². The van der Waals surface area contributed by atoms with Crippen molar-refractivity contribution in [2.45, 2.75) is 19.4 Å². The number of para-hydroxylation sites is 1. The van der Waals surface area contributed by atoms with E-state index in [1.165, 1.54) is 4.68 Å². The first-order valence-corrected chi connectivity index (χ1v) is 9.89. The van der Waals surface area contributed by atoms with E-state index in [2.05, 4.69) is 10.1 Å². The normalized spacial score (nSPS) is 15.9. The standard InChI is InChI=1S/C22H17F3N4O3/c1-10-18-12(20(28(2)27-18)11-8-14(23)17(25)15(24)9-11)6-7-29(10)21(30)13-4-3-5-16-19(13)26-22(31)32-16/h3-5,8-10H,6-7H2,1-2H3,(H,26,31)/t10-/m0/s1. The molecule has 1 atom stereocenters. The highest BCUT2D eigenvalue weighted by Gasteiger charge is 2.34. The topological polar surface area (TPSA) is 84.1 Å². The van der Waals surface area contributed by atoms with Crippen LogP contribution in [0.3, 0.4) is 0 Å². The first kappa shape index (κ1) is 20.1. The molecule has 1 aliphatic rings. The minimum absolute atomic E-state index is 0.172. The highest BCUT2D eigenvalue weighted by Crippen LogP contribution is 2.37. The number of hydrogen-bond acceptors (Lipinski definition) is 4. The second-order valence-electron chi connectivity index (χ2n) is 7.71. The summed E-state index contributed by atoms with van der Waals surface area (Å²) < 4.78 is 47.6. The lowest BCUT2D eigenvalue weighted by Crippen LogP contribution is -2.39. The van der Waals surface area contributed by atoms with Crippen molar-refractivity contribution in [1.82, 2.24) is 19.7 Å². The van der Waals surface area contributed by atoms with E-state index in [1.54, 1.807) is 37.1 Å². The zero-order valence-corrected chi connectivity index (χ0v) is 17.1. The number of fused-ring (bicyclic) bond motifs is 2. The number of aromatic nitrogens is 3. The number of rotatable bonds is 2. The van der Waals surface area contributed by atoms with Gasteiger partial charge in [0, 0.05) is 24.7 Å². The maximum atomic E-state index is 13.8. The third kappa shape index (κ3) is 2.94. The molecular weight excluding hydrogens is 425 g/mol. The lowest BCUT2D eigenvalue weighted by atomic mass is 9.95. The van der Waals surface area contributed by atoms with Crippen molar-refractivity contribution >= 4 is 17.0 Å². The van der Waals surface area contributed by atoms with Gasteiger partial charge in [0.25, 0.3) is 5.91 Å². The molecule has 32 heavy (non-hydrogen) atoms. The van der Waals surface area contributed by atoms with Crippen LogP contribution in [0.2, 0.25) is 0 Å². The van der Waals surface area contributed by atoms with Gasteiger partial charge in [-0.25, -0.2) is 18.0 Å². The molecule has 7 nitrogen and oxygen atoms in total. The summed E-state index contributed by atoms with van der Waals surface area (Å²) in [6.07, 6.45) is 0.382. The van der Waals surface area contributed by atoms with E-state index in [0.29, 0.717) is 35.4 Å². The Hall–Kier alpha value is -3.82. The largest absolute Gasteiger partial charge is 0.417 e. The van der Waals surface area contributed by atoms with E-state index >= 15 is 0 Å². The number of amides is 1. The van der Waals surface area contributed by atoms with Crippen LogP contribution in [0, 0.1) is 17.5 Å². The van der Waals surface area contributed by atoms with Crippen molar-refractivity contribution in [3.8, 4) is 11.3 Å². The maximum Gasteiger partial charge on any atom is 0.417 e. The third-order valence-corrected chi connectivity index (χ3v) is 5.85. The fourth-order valence-corrected chi connectivity index (χ4v) is 4.38. The third-order valence-electron chi connectivity index (χ3n) is 5.85. The van der Waals surface area contributed by atoms with Crippen LogP contribution >= 0.6 is 0 Å². The van der Waals surface area contributed by atoms with Gasteiger partial charge in [0.1, 0.15) is 0 Å². The number of oxazole rings is 1.